The fourth-order valence-corrected chi connectivity index (χ4v) is 2.72. The Morgan fingerprint density at radius 3 is 2.00 bits per heavy atom. The quantitative estimate of drug-likeness (QED) is 0.347. The smallest absolute Gasteiger partial charge is 0.471 e. The Labute approximate surface area is 156 Å². The summed E-state index contributed by atoms with van der Waals surface area (Å²) < 4.78 is 97.7. The van der Waals surface area contributed by atoms with Crippen LogP contribution in [0.4, 0.5) is 22.0 Å². The topological polar surface area (TPSA) is 114 Å². The molecule has 160 valence electrons. The molecule has 8 nitrogen and oxygen atoms in total. The summed E-state index contributed by atoms with van der Waals surface area (Å²) in [5, 5.41) is 10.5. The molecule has 0 aliphatic carbocycles. The average Bonchev–Trinajstić information content (AvgIpc) is 2.59. The summed E-state index contributed by atoms with van der Waals surface area (Å²) in [4.78, 5) is 9.76. The monoisotopic (exact) mass is 436 g/mol. The van der Waals surface area contributed by atoms with Crippen LogP contribution in [0.25, 0.3) is 0 Å². The van der Waals surface area contributed by atoms with E-state index < -0.39 is 44.4 Å². The molecule has 0 heterocycles. The third-order valence-electron chi connectivity index (χ3n) is 3.00. The van der Waals surface area contributed by atoms with Crippen LogP contribution >= 0.6 is 0 Å². The van der Waals surface area contributed by atoms with Gasteiger partial charge in [-0.1, -0.05) is 0 Å². The molecule has 14 heteroatoms. The highest BCUT2D eigenvalue weighted by atomic mass is 32.2. The Morgan fingerprint density at radius 1 is 1.00 bits per heavy atom. The fourth-order valence-electron chi connectivity index (χ4n) is 1.69. The van der Waals surface area contributed by atoms with E-state index in [0.29, 0.717) is 12.1 Å². The van der Waals surface area contributed by atoms with E-state index in [0.717, 1.165) is 0 Å². The lowest BCUT2D eigenvalue weighted by atomic mass is 10.3. The van der Waals surface area contributed by atoms with Crippen molar-refractivity contribution in [3.8, 4) is 5.75 Å². The van der Waals surface area contributed by atoms with Crippen molar-refractivity contribution >= 4 is 15.9 Å². The summed E-state index contributed by atoms with van der Waals surface area (Å²) in [6, 6.07) is 0.903. The number of ether oxygens (including phenoxy) is 2. The van der Waals surface area contributed by atoms with Crippen LogP contribution in [0.5, 0.6) is 5.75 Å². The zero-order valence-electron chi connectivity index (χ0n) is 14.2. The van der Waals surface area contributed by atoms with Crippen LogP contribution in [0.1, 0.15) is 0 Å². The first-order valence-electron chi connectivity index (χ1n) is 7.63. The second-order valence-corrected chi connectivity index (χ2v) is 6.88. The number of halogens is 5. The number of phenolic OH excluding ortho intramolecular Hbond substituents is 1. The van der Waals surface area contributed by atoms with Gasteiger partial charge in [-0.2, -0.15) is 13.2 Å². The molecule has 0 unspecified atom stereocenters. The Hall–Kier alpha value is -2.03. The van der Waals surface area contributed by atoms with Gasteiger partial charge in [0.05, 0.1) is 31.3 Å². The minimum atomic E-state index is -4.96. The number of hydrogen-bond donors (Lipinski definition) is 3. The zero-order valence-corrected chi connectivity index (χ0v) is 15.0. The maximum atomic E-state index is 13.2. The summed E-state index contributed by atoms with van der Waals surface area (Å²) >= 11 is 0. The Kier molecular flexibility index (Phi) is 9.00. The van der Waals surface area contributed by atoms with Gasteiger partial charge in [-0.3, -0.25) is 4.79 Å². The number of carbonyl (C=O) groups is 1. The normalized spacial score (nSPS) is 12.2. The highest BCUT2D eigenvalue weighted by Gasteiger charge is 2.38. The van der Waals surface area contributed by atoms with Crippen LogP contribution in [-0.4, -0.2) is 65.1 Å². The first-order chi connectivity index (χ1) is 12.9. The minimum Gasteiger partial charge on any atom is -0.503 e. The van der Waals surface area contributed by atoms with Gasteiger partial charge in [-0.05, 0) is 12.1 Å². The van der Waals surface area contributed by atoms with E-state index in [1.807, 2.05) is 4.72 Å². The average molecular weight is 436 g/mol. The van der Waals surface area contributed by atoms with Crippen molar-refractivity contribution in [1.82, 2.24) is 10.0 Å². The number of amides is 1. The Bertz CT molecular complexity index is 749. The first-order valence-corrected chi connectivity index (χ1v) is 9.11. The molecule has 0 saturated heterocycles. The molecule has 0 radical (unpaired) electrons. The molecule has 0 aromatic heterocycles. The number of aromatic hydroxyl groups is 1. The predicted molar refractivity (Wildman–Crippen MR) is 83.9 cm³/mol. The van der Waals surface area contributed by atoms with Crippen LogP contribution in [0.2, 0.25) is 0 Å². The van der Waals surface area contributed by atoms with Gasteiger partial charge >= 0.3 is 12.1 Å². The highest BCUT2D eigenvalue weighted by Crippen LogP contribution is 2.23. The van der Waals surface area contributed by atoms with Crippen LogP contribution in [-0.2, 0) is 24.3 Å². The number of sulfonamides is 1. The number of hydrogen-bond acceptors (Lipinski definition) is 6. The van der Waals surface area contributed by atoms with Crippen molar-refractivity contribution in [2.24, 2.45) is 0 Å². The molecule has 0 atom stereocenters. The van der Waals surface area contributed by atoms with Gasteiger partial charge in [0.2, 0.25) is 10.0 Å². The zero-order chi connectivity index (χ0) is 21.4. The van der Waals surface area contributed by atoms with E-state index >= 15 is 0 Å². The Balaban J connectivity index is 2.18. The Morgan fingerprint density at radius 2 is 1.50 bits per heavy atom. The minimum absolute atomic E-state index is 0.0165. The van der Waals surface area contributed by atoms with E-state index in [4.69, 9.17) is 14.6 Å². The van der Waals surface area contributed by atoms with E-state index in [1.54, 1.807) is 5.32 Å². The molecule has 0 fully saturated rings. The lowest BCUT2D eigenvalue weighted by molar-refractivity contribution is -0.173. The van der Waals surface area contributed by atoms with Crippen molar-refractivity contribution in [2.75, 3.05) is 39.5 Å². The summed E-state index contributed by atoms with van der Waals surface area (Å²) in [5.41, 5.74) is 0. The highest BCUT2D eigenvalue weighted by molar-refractivity contribution is 7.89. The van der Waals surface area contributed by atoms with Gasteiger partial charge in [0, 0.05) is 13.1 Å². The van der Waals surface area contributed by atoms with Gasteiger partial charge in [-0.25, -0.2) is 21.9 Å². The number of nitrogens with one attached hydrogen (secondary N) is 2. The van der Waals surface area contributed by atoms with Crippen molar-refractivity contribution in [3.05, 3.63) is 23.8 Å². The van der Waals surface area contributed by atoms with E-state index in [-0.39, 0.29) is 39.5 Å². The second kappa shape index (κ2) is 10.5. The van der Waals surface area contributed by atoms with Crippen LogP contribution in [0.3, 0.4) is 0 Å². The SMILES string of the molecule is O=C(NCCOCCOCCNS(=O)(=O)c1cc(F)c(O)c(F)c1)C(F)(F)F. The summed E-state index contributed by atoms with van der Waals surface area (Å²) in [6.45, 7) is -0.946. The van der Waals surface area contributed by atoms with Crippen molar-refractivity contribution < 1.29 is 49.7 Å². The summed E-state index contributed by atoms with van der Waals surface area (Å²) in [7, 11) is -4.23. The summed E-state index contributed by atoms with van der Waals surface area (Å²) in [6.07, 6.45) is -4.96. The van der Waals surface area contributed by atoms with Gasteiger partial charge in [0.15, 0.2) is 17.4 Å². The standard InChI is InChI=1S/C14H17F5N2O6S/c15-10-7-9(8-11(16)12(10)22)28(24,25)21-2-4-27-6-5-26-3-1-20-13(23)14(17,18)19/h7-8,21-22H,1-6H2,(H,20,23). The largest absolute Gasteiger partial charge is 0.503 e. The molecular weight excluding hydrogens is 419 g/mol. The predicted octanol–water partition coefficient (Wildman–Crippen LogP) is 0.660. The first kappa shape index (κ1) is 24.0. The molecular formula is C14H17F5N2O6S. The van der Waals surface area contributed by atoms with Gasteiger partial charge in [0.25, 0.3) is 0 Å². The molecule has 0 saturated carbocycles. The second-order valence-electron chi connectivity index (χ2n) is 5.11. The van der Waals surface area contributed by atoms with Crippen molar-refractivity contribution in [1.29, 1.82) is 0 Å². The summed E-state index contributed by atoms with van der Waals surface area (Å²) in [5.74, 6) is -6.23. The third-order valence-corrected chi connectivity index (χ3v) is 4.44. The molecule has 0 aliphatic heterocycles. The van der Waals surface area contributed by atoms with E-state index in [2.05, 4.69) is 0 Å². The third kappa shape index (κ3) is 7.92. The van der Waals surface area contributed by atoms with E-state index in [1.165, 1.54) is 0 Å². The molecule has 1 aromatic carbocycles. The maximum Gasteiger partial charge on any atom is 0.471 e. The lowest BCUT2D eigenvalue weighted by Crippen LogP contribution is -2.38. The number of benzene rings is 1. The molecule has 0 spiro atoms. The van der Waals surface area contributed by atoms with Crippen LogP contribution in [0.15, 0.2) is 17.0 Å². The van der Waals surface area contributed by atoms with Crippen LogP contribution in [0, 0.1) is 11.6 Å². The van der Waals surface area contributed by atoms with Crippen LogP contribution < -0.4 is 10.0 Å². The molecule has 1 aromatic rings. The van der Waals surface area contributed by atoms with Gasteiger partial charge < -0.3 is 19.9 Å². The van der Waals surface area contributed by atoms with Crippen molar-refractivity contribution in [2.45, 2.75) is 11.1 Å². The molecule has 1 rings (SSSR count). The molecule has 0 bridgehead atoms. The molecule has 1 amide bonds. The number of rotatable bonds is 11. The van der Waals surface area contributed by atoms with Crippen molar-refractivity contribution in [3.63, 3.8) is 0 Å². The molecule has 3 N–H and O–H groups in total. The number of phenols is 1. The fraction of sp³-hybridized carbons (Fsp3) is 0.500. The van der Waals surface area contributed by atoms with Gasteiger partial charge in [-0.15, -0.1) is 0 Å². The molecule has 28 heavy (non-hydrogen) atoms. The lowest BCUT2D eigenvalue weighted by Gasteiger charge is -2.10. The van der Waals surface area contributed by atoms with Gasteiger partial charge in [0.1, 0.15) is 0 Å². The number of carbonyl (C=O) groups excluding carboxylic acids is 1. The molecule has 0 aliphatic rings. The maximum absolute atomic E-state index is 13.2. The number of alkyl halides is 3. The van der Waals surface area contributed by atoms with E-state index in [9.17, 15) is 35.2 Å².